The van der Waals surface area contributed by atoms with Crippen molar-refractivity contribution < 1.29 is 14.7 Å². The molecule has 0 spiro atoms. The van der Waals surface area contributed by atoms with Gasteiger partial charge in [-0.1, -0.05) is 17.3 Å². The SMILES string of the molecule is O=C1c2ccccc2C(=O)N1Cc1cn(CCCCO)nn1. The molecule has 114 valence electrons. The molecule has 22 heavy (non-hydrogen) atoms. The number of imide groups is 1. The average molecular weight is 300 g/mol. The third kappa shape index (κ3) is 2.62. The minimum Gasteiger partial charge on any atom is -0.396 e. The molecule has 1 aliphatic rings. The van der Waals surface area contributed by atoms with Crippen molar-refractivity contribution in [1.82, 2.24) is 19.9 Å². The first-order valence-corrected chi connectivity index (χ1v) is 7.16. The number of nitrogens with zero attached hydrogens (tertiary/aromatic N) is 4. The number of carbonyl (C=O) groups is 2. The normalized spacial score (nSPS) is 13.8. The number of fused-ring (bicyclic) bond motifs is 1. The third-order valence-electron chi connectivity index (χ3n) is 3.58. The number of aryl methyl sites for hydroxylation is 1. The van der Waals surface area contributed by atoms with Crippen molar-refractivity contribution in [3.63, 3.8) is 0 Å². The Balaban J connectivity index is 1.70. The number of unbranched alkanes of at least 4 members (excludes halogenated alkanes) is 1. The molecule has 7 nitrogen and oxygen atoms in total. The molecule has 2 amide bonds. The first kappa shape index (κ1) is 14.4. The van der Waals surface area contributed by atoms with Gasteiger partial charge >= 0.3 is 0 Å². The standard InChI is InChI=1S/C15H16N4O3/c20-8-4-3-7-18-9-11(16-17-18)10-19-14(21)12-5-1-2-6-13(12)15(19)22/h1-2,5-6,9,20H,3-4,7-8,10H2. The number of aromatic nitrogens is 3. The predicted octanol–water partition coefficient (Wildman–Crippen LogP) is 0.847. The molecule has 0 fully saturated rings. The van der Waals surface area contributed by atoms with Gasteiger partial charge < -0.3 is 5.11 Å². The summed E-state index contributed by atoms with van der Waals surface area (Å²) in [5, 5.41) is 16.7. The molecular formula is C15H16N4O3. The quantitative estimate of drug-likeness (QED) is 0.631. The van der Waals surface area contributed by atoms with Gasteiger partial charge in [0.1, 0.15) is 5.69 Å². The van der Waals surface area contributed by atoms with Gasteiger partial charge in [0.05, 0.1) is 23.9 Å². The maximum absolute atomic E-state index is 12.3. The summed E-state index contributed by atoms with van der Waals surface area (Å²) in [5.74, 6) is -0.592. The van der Waals surface area contributed by atoms with Crippen molar-refractivity contribution in [3.05, 3.63) is 47.3 Å². The van der Waals surface area contributed by atoms with Crippen LogP contribution in [0, 0.1) is 0 Å². The van der Waals surface area contributed by atoms with Crippen LogP contribution in [0.25, 0.3) is 0 Å². The highest BCUT2D eigenvalue weighted by molar-refractivity contribution is 6.21. The Morgan fingerprint density at radius 1 is 1.05 bits per heavy atom. The first-order chi connectivity index (χ1) is 10.7. The summed E-state index contributed by atoms with van der Waals surface area (Å²) < 4.78 is 1.66. The molecule has 2 aromatic rings. The second kappa shape index (κ2) is 6.07. The van der Waals surface area contributed by atoms with Crippen LogP contribution in [0.15, 0.2) is 30.5 Å². The van der Waals surface area contributed by atoms with Gasteiger partial charge in [0.2, 0.25) is 0 Å². The molecule has 3 rings (SSSR count). The van der Waals surface area contributed by atoms with Crippen molar-refractivity contribution in [2.45, 2.75) is 25.9 Å². The molecule has 0 bridgehead atoms. The molecule has 1 aliphatic heterocycles. The van der Waals surface area contributed by atoms with Crippen LogP contribution in [0.3, 0.4) is 0 Å². The lowest BCUT2D eigenvalue weighted by Crippen LogP contribution is -2.29. The summed E-state index contributed by atoms with van der Waals surface area (Å²) in [7, 11) is 0. The molecular weight excluding hydrogens is 284 g/mol. The average Bonchev–Trinajstić information content (AvgIpc) is 3.07. The number of carbonyl (C=O) groups excluding carboxylic acids is 2. The maximum atomic E-state index is 12.3. The van der Waals surface area contributed by atoms with Crippen LogP contribution in [0.5, 0.6) is 0 Å². The fraction of sp³-hybridized carbons (Fsp3) is 0.333. The van der Waals surface area contributed by atoms with Crippen molar-refractivity contribution in [2.24, 2.45) is 0 Å². The van der Waals surface area contributed by atoms with Crippen molar-refractivity contribution in [1.29, 1.82) is 0 Å². The zero-order valence-corrected chi connectivity index (χ0v) is 12.0. The summed E-state index contributed by atoms with van der Waals surface area (Å²) >= 11 is 0. The Labute approximate surface area is 127 Å². The monoisotopic (exact) mass is 300 g/mol. The van der Waals surface area contributed by atoms with E-state index in [0.717, 1.165) is 6.42 Å². The number of amides is 2. The van der Waals surface area contributed by atoms with Gasteiger partial charge in [-0.3, -0.25) is 19.2 Å². The minimum atomic E-state index is -0.296. The van der Waals surface area contributed by atoms with E-state index in [4.69, 9.17) is 5.11 Å². The zero-order valence-electron chi connectivity index (χ0n) is 12.0. The number of aliphatic hydroxyl groups excluding tert-OH is 1. The Morgan fingerprint density at radius 3 is 2.36 bits per heavy atom. The van der Waals surface area contributed by atoms with Gasteiger partial charge in [-0.15, -0.1) is 5.10 Å². The molecule has 0 radical (unpaired) electrons. The summed E-state index contributed by atoms with van der Waals surface area (Å²) in [6.07, 6.45) is 3.22. The van der Waals surface area contributed by atoms with E-state index >= 15 is 0 Å². The lowest BCUT2D eigenvalue weighted by molar-refractivity contribution is 0.0640. The van der Waals surface area contributed by atoms with Crippen LogP contribution in [-0.2, 0) is 13.1 Å². The zero-order chi connectivity index (χ0) is 15.5. The largest absolute Gasteiger partial charge is 0.396 e. The van der Waals surface area contributed by atoms with E-state index in [9.17, 15) is 9.59 Å². The molecule has 1 aromatic heterocycles. The van der Waals surface area contributed by atoms with Crippen LogP contribution in [0.4, 0.5) is 0 Å². The van der Waals surface area contributed by atoms with Gasteiger partial charge in [-0.2, -0.15) is 0 Å². The number of hydrogen-bond donors (Lipinski definition) is 1. The molecule has 2 heterocycles. The second-order valence-corrected chi connectivity index (χ2v) is 5.15. The summed E-state index contributed by atoms with van der Waals surface area (Å²) in [6, 6.07) is 6.79. The van der Waals surface area contributed by atoms with Gasteiger partial charge in [0.25, 0.3) is 11.8 Å². The highest BCUT2D eigenvalue weighted by Gasteiger charge is 2.35. The smallest absolute Gasteiger partial charge is 0.261 e. The Morgan fingerprint density at radius 2 is 1.73 bits per heavy atom. The van der Waals surface area contributed by atoms with Crippen LogP contribution in [0.2, 0.25) is 0 Å². The number of aliphatic hydroxyl groups is 1. The van der Waals surface area contributed by atoms with E-state index in [1.165, 1.54) is 4.90 Å². The highest BCUT2D eigenvalue weighted by Crippen LogP contribution is 2.23. The Bertz CT molecular complexity index is 675. The predicted molar refractivity (Wildman–Crippen MR) is 77.0 cm³/mol. The summed E-state index contributed by atoms with van der Waals surface area (Å²) in [6.45, 7) is 0.915. The third-order valence-corrected chi connectivity index (χ3v) is 3.58. The Hall–Kier alpha value is -2.54. The van der Waals surface area contributed by atoms with Crippen LogP contribution >= 0.6 is 0 Å². The molecule has 0 saturated heterocycles. The second-order valence-electron chi connectivity index (χ2n) is 5.15. The van der Waals surface area contributed by atoms with Gasteiger partial charge in [0, 0.05) is 13.2 Å². The van der Waals surface area contributed by atoms with Crippen molar-refractivity contribution in [2.75, 3.05) is 6.61 Å². The molecule has 0 saturated carbocycles. The molecule has 1 aromatic carbocycles. The first-order valence-electron chi connectivity index (χ1n) is 7.16. The lowest BCUT2D eigenvalue weighted by atomic mass is 10.1. The summed E-state index contributed by atoms with van der Waals surface area (Å²) in [4.78, 5) is 25.7. The van der Waals surface area contributed by atoms with Crippen molar-refractivity contribution >= 4 is 11.8 Å². The van der Waals surface area contributed by atoms with Gasteiger partial charge in [-0.05, 0) is 25.0 Å². The molecule has 7 heteroatoms. The molecule has 0 unspecified atom stereocenters. The minimum absolute atomic E-state index is 0.117. The van der Waals surface area contributed by atoms with Crippen LogP contribution in [-0.4, -0.2) is 43.4 Å². The number of hydrogen-bond acceptors (Lipinski definition) is 5. The van der Waals surface area contributed by atoms with Gasteiger partial charge in [-0.25, -0.2) is 0 Å². The number of benzene rings is 1. The highest BCUT2D eigenvalue weighted by atomic mass is 16.3. The summed E-state index contributed by atoms with van der Waals surface area (Å²) in [5.41, 5.74) is 1.43. The van der Waals surface area contributed by atoms with E-state index in [2.05, 4.69) is 10.3 Å². The van der Waals surface area contributed by atoms with Crippen LogP contribution in [0.1, 0.15) is 39.3 Å². The fourth-order valence-electron chi connectivity index (χ4n) is 2.45. The van der Waals surface area contributed by atoms with Crippen molar-refractivity contribution in [3.8, 4) is 0 Å². The maximum Gasteiger partial charge on any atom is 0.261 e. The lowest BCUT2D eigenvalue weighted by Gasteiger charge is -2.11. The fourth-order valence-corrected chi connectivity index (χ4v) is 2.45. The number of rotatable bonds is 6. The van der Waals surface area contributed by atoms with E-state index in [0.29, 0.717) is 29.8 Å². The van der Waals surface area contributed by atoms with Gasteiger partial charge in [0.15, 0.2) is 0 Å². The van der Waals surface area contributed by atoms with E-state index in [1.807, 2.05) is 0 Å². The van der Waals surface area contributed by atoms with E-state index in [-0.39, 0.29) is 25.0 Å². The van der Waals surface area contributed by atoms with E-state index in [1.54, 1.807) is 35.1 Å². The van der Waals surface area contributed by atoms with Crippen LogP contribution < -0.4 is 0 Å². The topological polar surface area (TPSA) is 88.3 Å². The Kier molecular flexibility index (Phi) is 3.97. The molecule has 0 atom stereocenters. The molecule has 0 aliphatic carbocycles. The van der Waals surface area contributed by atoms with E-state index < -0.39 is 0 Å². The molecule has 1 N–H and O–H groups in total.